The molecule has 1 aromatic carbocycles. The van der Waals surface area contributed by atoms with Gasteiger partial charge in [0.05, 0.1) is 0 Å². The van der Waals surface area contributed by atoms with E-state index >= 15 is 0 Å². The van der Waals surface area contributed by atoms with Gasteiger partial charge >= 0.3 is 5.97 Å². The highest BCUT2D eigenvalue weighted by atomic mass is 19.1. The summed E-state index contributed by atoms with van der Waals surface area (Å²) in [6.45, 7) is 2.36. The number of halogens is 1. The molecular weight excluding hydrogens is 251 g/mol. The lowest BCUT2D eigenvalue weighted by molar-refractivity contribution is -0.139. The van der Waals surface area contributed by atoms with Gasteiger partial charge < -0.3 is 10.4 Å². The van der Waals surface area contributed by atoms with Crippen LogP contribution in [-0.2, 0) is 4.79 Å². The molecule has 7 heteroatoms. The summed E-state index contributed by atoms with van der Waals surface area (Å²) in [6, 6.07) is 3.24. The number of nitrogens with one attached hydrogen (secondary N) is 1. The number of azide groups is 1. The van der Waals surface area contributed by atoms with Crippen molar-refractivity contribution in [2.45, 2.75) is 19.4 Å². The van der Waals surface area contributed by atoms with Crippen molar-refractivity contribution in [3.05, 3.63) is 45.6 Å². The van der Waals surface area contributed by atoms with Gasteiger partial charge in [0, 0.05) is 17.0 Å². The summed E-state index contributed by atoms with van der Waals surface area (Å²) in [4.78, 5) is 13.8. The maximum atomic E-state index is 13.6. The summed E-state index contributed by atoms with van der Waals surface area (Å²) >= 11 is 0. The van der Waals surface area contributed by atoms with Gasteiger partial charge in [-0.3, -0.25) is 4.79 Å². The fourth-order valence-corrected chi connectivity index (χ4v) is 1.66. The van der Waals surface area contributed by atoms with Gasteiger partial charge in [0.1, 0.15) is 11.9 Å². The maximum absolute atomic E-state index is 13.6. The molecule has 0 aromatic heterocycles. The predicted octanol–water partition coefficient (Wildman–Crippen LogP) is 2.55. The Bertz CT molecular complexity index is 501. The van der Waals surface area contributed by atoms with Crippen molar-refractivity contribution in [1.29, 1.82) is 0 Å². The number of rotatable bonds is 7. The Morgan fingerprint density at radius 1 is 1.63 bits per heavy atom. The summed E-state index contributed by atoms with van der Waals surface area (Å²) < 4.78 is 13.6. The molecule has 102 valence electrons. The van der Waals surface area contributed by atoms with E-state index < -0.39 is 17.8 Å². The van der Waals surface area contributed by atoms with Crippen molar-refractivity contribution >= 4 is 5.97 Å². The van der Waals surface area contributed by atoms with Crippen LogP contribution in [-0.4, -0.2) is 24.2 Å². The molecule has 0 fully saturated rings. The van der Waals surface area contributed by atoms with Gasteiger partial charge in [0.2, 0.25) is 0 Å². The molecule has 1 rings (SSSR count). The first kappa shape index (κ1) is 14.9. The first-order valence-corrected chi connectivity index (χ1v) is 5.79. The first-order chi connectivity index (χ1) is 9.06. The Hall–Kier alpha value is -2.11. The van der Waals surface area contributed by atoms with Crippen LogP contribution in [0.25, 0.3) is 10.4 Å². The normalized spacial score (nSPS) is 11.7. The third kappa shape index (κ3) is 4.57. The second-order valence-electron chi connectivity index (χ2n) is 4.06. The molecule has 2 N–H and O–H groups in total. The molecule has 0 heterocycles. The summed E-state index contributed by atoms with van der Waals surface area (Å²) in [5, 5.41) is 15.2. The van der Waals surface area contributed by atoms with Crippen LogP contribution in [0.15, 0.2) is 23.3 Å². The average molecular weight is 266 g/mol. The van der Waals surface area contributed by atoms with Crippen LogP contribution in [0.5, 0.6) is 0 Å². The fraction of sp³-hybridized carbons (Fsp3) is 0.417. The zero-order valence-corrected chi connectivity index (χ0v) is 10.5. The number of benzene rings is 1. The lowest BCUT2D eigenvalue weighted by Crippen LogP contribution is -2.30. The Balaban J connectivity index is 2.74. The lowest BCUT2D eigenvalue weighted by Gasteiger charge is -2.15. The van der Waals surface area contributed by atoms with Crippen LogP contribution in [0, 0.1) is 12.7 Å². The molecule has 6 nitrogen and oxygen atoms in total. The summed E-state index contributed by atoms with van der Waals surface area (Å²) in [5.74, 6) is -1.70. The number of nitrogens with zero attached hydrogens (tertiary/aromatic N) is 3. The number of carbonyl (C=O) groups is 1. The molecule has 0 amide bonds. The average Bonchev–Trinajstić information content (AvgIpc) is 2.37. The van der Waals surface area contributed by atoms with E-state index in [1.54, 1.807) is 13.0 Å². The van der Waals surface area contributed by atoms with Crippen LogP contribution < -0.4 is 5.32 Å². The molecule has 0 saturated heterocycles. The Morgan fingerprint density at radius 2 is 2.37 bits per heavy atom. The van der Waals surface area contributed by atoms with Crippen LogP contribution in [0.1, 0.15) is 23.6 Å². The van der Waals surface area contributed by atoms with Crippen molar-refractivity contribution in [3.8, 4) is 0 Å². The molecule has 0 aliphatic heterocycles. The van der Waals surface area contributed by atoms with E-state index in [1.807, 2.05) is 0 Å². The van der Waals surface area contributed by atoms with E-state index in [0.29, 0.717) is 13.0 Å². The largest absolute Gasteiger partial charge is 0.480 e. The van der Waals surface area contributed by atoms with E-state index in [4.69, 9.17) is 10.6 Å². The molecular formula is C12H15FN4O2. The monoisotopic (exact) mass is 266 g/mol. The summed E-state index contributed by atoms with van der Waals surface area (Å²) in [7, 11) is 0. The van der Waals surface area contributed by atoms with Gasteiger partial charge in [-0.1, -0.05) is 22.8 Å². The van der Waals surface area contributed by atoms with E-state index in [1.165, 1.54) is 12.1 Å². The molecule has 0 bridgehead atoms. The van der Waals surface area contributed by atoms with Crippen molar-refractivity contribution in [2.24, 2.45) is 5.11 Å². The molecule has 19 heavy (non-hydrogen) atoms. The van der Waals surface area contributed by atoms with Crippen LogP contribution in [0.3, 0.4) is 0 Å². The van der Waals surface area contributed by atoms with Crippen molar-refractivity contribution < 1.29 is 14.3 Å². The smallest absolute Gasteiger partial charge is 0.325 e. The van der Waals surface area contributed by atoms with Crippen LogP contribution in [0.4, 0.5) is 4.39 Å². The van der Waals surface area contributed by atoms with Crippen molar-refractivity contribution in [3.63, 3.8) is 0 Å². The number of hydrogen-bond acceptors (Lipinski definition) is 3. The van der Waals surface area contributed by atoms with E-state index in [9.17, 15) is 9.18 Å². The topological polar surface area (TPSA) is 98.1 Å². The van der Waals surface area contributed by atoms with Gasteiger partial charge in [-0.25, -0.2) is 4.39 Å². The van der Waals surface area contributed by atoms with E-state index in [2.05, 4.69) is 15.3 Å². The zero-order chi connectivity index (χ0) is 14.3. The Labute approximate surface area is 109 Å². The number of aryl methyl sites for hydroxylation is 1. The minimum Gasteiger partial charge on any atom is -0.480 e. The van der Waals surface area contributed by atoms with Crippen molar-refractivity contribution in [1.82, 2.24) is 5.32 Å². The highest BCUT2D eigenvalue weighted by Crippen LogP contribution is 2.19. The second kappa shape index (κ2) is 7.35. The van der Waals surface area contributed by atoms with E-state index in [0.717, 1.165) is 5.56 Å². The summed E-state index contributed by atoms with van der Waals surface area (Å²) in [5.41, 5.74) is 9.00. The Kier molecular flexibility index (Phi) is 5.78. The standard InChI is InChI=1S/C12H15FN4O2/c1-8-3-4-10(13)9(7-8)11(12(18)19)15-5-2-6-16-17-14/h3-4,7,11,15H,2,5-6H2,1H3,(H,18,19). The SMILES string of the molecule is Cc1ccc(F)c(C(NCCCN=[N+]=[N-])C(=O)O)c1. The quantitative estimate of drug-likeness (QED) is 0.343. The van der Waals surface area contributed by atoms with Gasteiger partial charge in [-0.2, -0.15) is 0 Å². The minimum absolute atomic E-state index is 0.108. The molecule has 1 unspecified atom stereocenters. The first-order valence-electron chi connectivity index (χ1n) is 5.79. The van der Waals surface area contributed by atoms with Gasteiger partial charge in [-0.05, 0) is 31.5 Å². The number of hydrogen-bond donors (Lipinski definition) is 2. The number of carboxylic acid groups (broad SMARTS) is 1. The molecule has 0 radical (unpaired) electrons. The number of carboxylic acids is 1. The predicted molar refractivity (Wildman–Crippen MR) is 68.1 cm³/mol. The zero-order valence-electron chi connectivity index (χ0n) is 10.5. The van der Waals surface area contributed by atoms with Gasteiger partial charge in [0.15, 0.2) is 0 Å². The van der Waals surface area contributed by atoms with Gasteiger partial charge in [-0.15, -0.1) is 0 Å². The third-order valence-corrected chi connectivity index (χ3v) is 2.56. The lowest BCUT2D eigenvalue weighted by atomic mass is 10.0. The van der Waals surface area contributed by atoms with Crippen molar-refractivity contribution in [2.75, 3.05) is 13.1 Å². The molecule has 0 aliphatic carbocycles. The molecule has 0 aliphatic rings. The van der Waals surface area contributed by atoms with Crippen LogP contribution in [0.2, 0.25) is 0 Å². The molecule has 1 aromatic rings. The highest BCUT2D eigenvalue weighted by molar-refractivity contribution is 5.75. The van der Waals surface area contributed by atoms with E-state index in [-0.39, 0.29) is 12.1 Å². The third-order valence-electron chi connectivity index (χ3n) is 2.56. The Morgan fingerprint density at radius 3 is 3.00 bits per heavy atom. The second-order valence-corrected chi connectivity index (χ2v) is 4.06. The number of aliphatic carboxylic acids is 1. The minimum atomic E-state index is -1.15. The van der Waals surface area contributed by atoms with Gasteiger partial charge in [0.25, 0.3) is 0 Å². The maximum Gasteiger partial charge on any atom is 0.325 e. The summed E-state index contributed by atoms with van der Waals surface area (Å²) in [6.07, 6.45) is 0.487. The highest BCUT2D eigenvalue weighted by Gasteiger charge is 2.22. The molecule has 1 atom stereocenters. The fourth-order valence-electron chi connectivity index (χ4n) is 1.66. The van der Waals surface area contributed by atoms with Crippen LogP contribution >= 0.6 is 0 Å². The molecule has 0 spiro atoms. The molecule has 0 saturated carbocycles.